The van der Waals surface area contributed by atoms with Crippen LogP contribution in [-0.2, 0) is 4.79 Å². The molecule has 0 saturated heterocycles. The SMILES string of the molecule is CC(=O)c1ccc(NC2=CC(=O)C[C@H](c3ccccc3)C2)cc1. The summed E-state index contributed by atoms with van der Waals surface area (Å²) in [4.78, 5) is 23.3. The number of benzene rings is 2. The largest absolute Gasteiger partial charge is 0.359 e. The second-order valence-corrected chi connectivity index (χ2v) is 5.91. The fraction of sp³-hybridized carbons (Fsp3) is 0.200. The van der Waals surface area contributed by atoms with E-state index in [9.17, 15) is 9.59 Å². The van der Waals surface area contributed by atoms with Crippen LogP contribution in [0.3, 0.4) is 0 Å². The molecular weight excluding hydrogens is 286 g/mol. The number of anilines is 1. The van der Waals surface area contributed by atoms with Gasteiger partial charge in [0.15, 0.2) is 11.6 Å². The Morgan fingerprint density at radius 1 is 1.00 bits per heavy atom. The van der Waals surface area contributed by atoms with Crippen LogP contribution in [0.1, 0.15) is 41.6 Å². The molecule has 2 aromatic carbocycles. The van der Waals surface area contributed by atoms with Crippen LogP contribution in [-0.4, -0.2) is 11.6 Å². The first-order chi connectivity index (χ1) is 11.1. The third kappa shape index (κ3) is 3.75. The average molecular weight is 305 g/mol. The molecule has 0 fully saturated rings. The zero-order valence-electron chi connectivity index (χ0n) is 13.1. The maximum absolute atomic E-state index is 12.0. The van der Waals surface area contributed by atoms with E-state index in [0.717, 1.165) is 17.8 Å². The predicted octanol–water partition coefficient (Wildman–Crippen LogP) is 4.33. The van der Waals surface area contributed by atoms with Crippen molar-refractivity contribution in [2.24, 2.45) is 0 Å². The molecule has 116 valence electrons. The smallest absolute Gasteiger partial charge is 0.159 e. The van der Waals surface area contributed by atoms with Crippen molar-refractivity contribution in [1.29, 1.82) is 0 Å². The molecule has 1 aliphatic rings. The predicted molar refractivity (Wildman–Crippen MR) is 91.6 cm³/mol. The minimum atomic E-state index is 0.0488. The second-order valence-electron chi connectivity index (χ2n) is 5.91. The summed E-state index contributed by atoms with van der Waals surface area (Å²) in [6.07, 6.45) is 3.06. The molecule has 0 radical (unpaired) electrons. The maximum Gasteiger partial charge on any atom is 0.159 e. The summed E-state index contributed by atoms with van der Waals surface area (Å²) in [5.41, 5.74) is 3.69. The van der Waals surface area contributed by atoms with Crippen LogP contribution in [0.5, 0.6) is 0 Å². The topological polar surface area (TPSA) is 46.2 Å². The van der Waals surface area contributed by atoms with E-state index in [4.69, 9.17) is 0 Å². The molecule has 0 amide bonds. The van der Waals surface area contributed by atoms with Crippen LogP contribution in [0.4, 0.5) is 5.69 Å². The minimum Gasteiger partial charge on any atom is -0.359 e. The van der Waals surface area contributed by atoms with Crippen molar-refractivity contribution in [2.75, 3.05) is 5.32 Å². The normalized spacial score (nSPS) is 17.5. The van der Waals surface area contributed by atoms with E-state index in [1.54, 1.807) is 25.1 Å². The van der Waals surface area contributed by atoms with E-state index in [1.807, 2.05) is 30.3 Å². The van der Waals surface area contributed by atoms with Gasteiger partial charge in [-0.15, -0.1) is 0 Å². The number of hydrogen-bond donors (Lipinski definition) is 1. The highest BCUT2D eigenvalue weighted by Gasteiger charge is 2.22. The fourth-order valence-corrected chi connectivity index (χ4v) is 2.91. The van der Waals surface area contributed by atoms with Crippen molar-refractivity contribution in [3.8, 4) is 0 Å². The van der Waals surface area contributed by atoms with Crippen molar-refractivity contribution in [3.05, 3.63) is 77.5 Å². The lowest BCUT2D eigenvalue weighted by Gasteiger charge is -2.23. The lowest BCUT2D eigenvalue weighted by Crippen LogP contribution is -2.16. The molecule has 0 heterocycles. The van der Waals surface area contributed by atoms with Crippen LogP contribution < -0.4 is 5.32 Å². The van der Waals surface area contributed by atoms with E-state index in [-0.39, 0.29) is 17.5 Å². The second kappa shape index (κ2) is 6.61. The Labute approximate surface area is 136 Å². The van der Waals surface area contributed by atoms with Gasteiger partial charge in [-0.25, -0.2) is 0 Å². The Bertz CT molecular complexity index is 745. The van der Waals surface area contributed by atoms with E-state index in [0.29, 0.717) is 12.0 Å². The van der Waals surface area contributed by atoms with Crippen molar-refractivity contribution >= 4 is 17.3 Å². The number of carbonyl (C=O) groups excluding carboxylic acids is 2. The lowest BCUT2D eigenvalue weighted by atomic mass is 9.85. The molecule has 0 aliphatic heterocycles. The van der Waals surface area contributed by atoms with Crippen LogP contribution in [0.15, 0.2) is 66.4 Å². The van der Waals surface area contributed by atoms with Gasteiger partial charge in [0.05, 0.1) is 0 Å². The van der Waals surface area contributed by atoms with Gasteiger partial charge in [0, 0.05) is 29.4 Å². The zero-order chi connectivity index (χ0) is 16.2. The van der Waals surface area contributed by atoms with E-state index < -0.39 is 0 Å². The van der Waals surface area contributed by atoms with Crippen LogP contribution in [0, 0.1) is 0 Å². The van der Waals surface area contributed by atoms with Crippen LogP contribution in [0.2, 0.25) is 0 Å². The number of ketones is 2. The number of rotatable bonds is 4. The zero-order valence-corrected chi connectivity index (χ0v) is 13.1. The Kier molecular flexibility index (Phi) is 4.38. The van der Waals surface area contributed by atoms with Gasteiger partial charge in [0.25, 0.3) is 0 Å². The first kappa shape index (κ1) is 15.2. The summed E-state index contributed by atoms with van der Waals surface area (Å²) in [5.74, 6) is 0.411. The average Bonchev–Trinajstić information content (AvgIpc) is 2.55. The summed E-state index contributed by atoms with van der Waals surface area (Å²) < 4.78 is 0. The van der Waals surface area contributed by atoms with Crippen molar-refractivity contribution in [3.63, 3.8) is 0 Å². The van der Waals surface area contributed by atoms with Crippen molar-refractivity contribution in [1.82, 2.24) is 0 Å². The molecule has 2 aromatic rings. The highest BCUT2D eigenvalue weighted by atomic mass is 16.1. The summed E-state index contributed by atoms with van der Waals surface area (Å²) in [5, 5.41) is 3.31. The standard InChI is InChI=1S/C20H19NO2/c1-14(22)15-7-9-18(10-8-15)21-19-11-17(12-20(23)13-19)16-5-3-2-4-6-16/h2-10,13,17,21H,11-12H2,1H3/t17-/m1/s1. The van der Waals surface area contributed by atoms with Gasteiger partial charge in [-0.1, -0.05) is 30.3 Å². The number of carbonyl (C=O) groups is 2. The third-order valence-electron chi connectivity index (χ3n) is 4.12. The Morgan fingerprint density at radius 3 is 2.35 bits per heavy atom. The number of hydrogen-bond acceptors (Lipinski definition) is 3. The highest BCUT2D eigenvalue weighted by Crippen LogP contribution is 2.31. The maximum atomic E-state index is 12.0. The Hall–Kier alpha value is -2.68. The Morgan fingerprint density at radius 2 is 1.70 bits per heavy atom. The molecule has 0 unspecified atom stereocenters. The number of Topliss-reactive ketones (excluding diaryl/α,β-unsaturated/α-hetero) is 1. The fourth-order valence-electron chi connectivity index (χ4n) is 2.91. The van der Waals surface area contributed by atoms with Gasteiger partial charge >= 0.3 is 0 Å². The molecule has 0 aromatic heterocycles. The molecule has 1 N–H and O–H groups in total. The lowest BCUT2D eigenvalue weighted by molar-refractivity contribution is -0.115. The van der Waals surface area contributed by atoms with Crippen molar-refractivity contribution in [2.45, 2.75) is 25.7 Å². The molecule has 1 atom stereocenters. The number of allylic oxidation sites excluding steroid dienone is 2. The molecule has 0 bridgehead atoms. The van der Waals surface area contributed by atoms with Gasteiger partial charge in [0.2, 0.25) is 0 Å². The van der Waals surface area contributed by atoms with Gasteiger partial charge in [-0.2, -0.15) is 0 Å². The quantitative estimate of drug-likeness (QED) is 0.855. The van der Waals surface area contributed by atoms with E-state index in [1.165, 1.54) is 5.56 Å². The first-order valence-corrected chi connectivity index (χ1v) is 7.78. The van der Waals surface area contributed by atoms with E-state index >= 15 is 0 Å². The van der Waals surface area contributed by atoms with Crippen LogP contribution >= 0.6 is 0 Å². The minimum absolute atomic E-state index is 0.0488. The molecule has 0 saturated carbocycles. The summed E-state index contributed by atoms with van der Waals surface area (Å²) in [6.45, 7) is 1.55. The third-order valence-corrected chi connectivity index (χ3v) is 4.12. The van der Waals surface area contributed by atoms with E-state index in [2.05, 4.69) is 17.4 Å². The van der Waals surface area contributed by atoms with Crippen molar-refractivity contribution < 1.29 is 9.59 Å². The summed E-state index contributed by atoms with van der Waals surface area (Å²) in [6, 6.07) is 17.5. The summed E-state index contributed by atoms with van der Waals surface area (Å²) >= 11 is 0. The molecule has 1 aliphatic carbocycles. The monoisotopic (exact) mass is 305 g/mol. The number of nitrogens with one attached hydrogen (secondary N) is 1. The molecule has 23 heavy (non-hydrogen) atoms. The first-order valence-electron chi connectivity index (χ1n) is 7.78. The molecule has 3 heteroatoms. The van der Waals surface area contributed by atoms with Crippen LogP contribution in [0.25, 0.3) is 0 Å². The molecule has 3 rings (SSSR count). The van der Waals surface area contributed by atoms with Gasteiger partial charge in [-0.05, 0) is 49.1 Å². The van der Waals surface area contributed by atoms with Gasteiger partial charge in [-0.3, -0.25) is 9.59 Å². The molecule has 3 nitrogen and oxygen atoms in total. The van der Waals surface area contributed by atoms with Gasteiger partial charge in [0.1, 0.15) is 0 Å². The van der Waals surface area contributed by atoms with Gasteiger partial charge < -0.3 is 5.32 Å². The molecule has 0 spiro atoms. The summed E-state index contributed by atoms with van der Waals surface area (Å²) in [7, 11) is 0. The highest BCUT2D eigenvalue weighted by molar-refractivity contribution is 5.94. The Balaban J connectivity index is 1.74. The molecular formula is C20H19NO2.